The number of nitrogens with one attached hydrogen (secondary N) is 1. The van der Waals surface area contributed by atoms with Crippen molar-refractivity contribution in [3.8, 4) is 0 Å². The zero-order valence-corrected chi connectivity index (χ0v) is 14.2. The van der Waals surface area contributed by atoms with Gasteiger partial charge in [0.05, 0.1) is 13.2 Å². The van der Waals surface area contributed by atoms with Crippen molar-refractivity contribution in [3.63, 3.8) is 0 Å². The highest BCUT2D eigenvalue weighted by Crippen LogP contribution is 2.19. The normalized spacial score (nSPS) is 12.4. The maximum absolute atomic E-state index is 13.8. The van der Waals surface area contributed by atoms with Crippen LogP contribution in [0.2, 0.25) is 0 Å². The van der Waals surface area contributed by atoms with Gasteiger partial charge in [-0.3, -0.25) is 14.4 Å². The molecule has 0 aromatic heterocycles. The van der Waals surface area contributed by atoms with E-state index in [-0.39, 0.29) is 18.2 Å². The number of ketones is 1. The highest BCUT2D eigenvalue weighted by atomic mass is 19.2. The smallest absolute Gasteiger partial charge is 0.317 e. The second-order valence-corrected chi connectivity index (χ2v) is 6.32. The summed E-state index contributed by atoms with van der Waals surface area (Å²) in [6.07, 6.45) is -1.87. The van der Waals surface area contributed by atoms with Crippen LogP contribution in [0.5, 0.6) is 0 Å². The number of carbonyl (C=O) groups excluding carboxylic acids is 3. The summed E-state index contributed by atoms with van der Waals surface area (Å²) < 4.78 is 13.8. The third-order valence-corrected chi connectivity index (χ3v) is 3.67. The second-order valence-electron chi connectivity index (χ2n) is 6.32. The lowest BCUT2D eigenvalue weighted by Gasteiger charge is -2.27. The van der Waals surface area contributed by atoms with Gasteiger partial charge in [0.25, 0.3) is 0 Å². The standard InChI is InChI=1S/C17H23FN2O5/c1-17(2,11-21)14(23)15(24)19-9-8-13(22)16(25)20(18)10-12-6-4-3-5-7-12/h3-7,14,21,23H,8-11H2,1-2H3,(H,19,24). The Morgan fingerprint density at radius 2 is 1.84 bits per heavy atom. The third-order valence-electron chi connectivity index (χ3n) is 3.67. The molecule has 3 N–H and O–H groups in total. The fourth-order valence-electron chi connectivity index (χ4n) is 1.90. The number of hydrogen-bond acceptors (Lipinski definition) is 5. The molecule has 1 aromatic carbocycles. The zero-order valence-electron chi connectivity index (χ0n) is 14.2. The molecule has 138 valence electrons. The van der Waals surface area contributed by atoms with Crippen molar-refractivity contribution >= 4 is 17.6 Å². The highest BCUT2D eigenvalue weighted by Gasteiger charge is 2.33. The van der Waals surface area contributed by atoms with Crippen LogP contribution >= 0.6 is 0 Å². The second kappa shape index (κ2) is 9.24. The van der Waals surface area contributed by atoms with E-state index < -0.39 is 42.1 Å². The number of aliphatic hydroxyl groups excluding tert-OH is 2. The van der Waals surface area contributed by atoms with Gasteiger partial charge in [-0.2, -0.15) is 5.12 Å². The van der Waals surface area contributed by atoms with Gasteiger partial charge in [0.1, 0.15) is 6.10 Å². The molecule has 1 aromatic rings. The average molecular weight is 354 g/mol. The van der Waals surface area contributed by atoms with Gasteiger partial charge in [-0.05, 0) is 5.56 Å². The van der Waals surface area contributed by atoms with Gasteiger partial charge in [-0.1, -0.05) is 48.7 Å². The van der Waals surface area contributed by atoms with Gasteiger partial charge in [-0.25, -0.2) is 0 Å². The molecule has 0 spiro atoms. The van der Waals surface area contributed by atoms with Crippen molar-refractivity contribution in [1.29, 1.82) is 0 Å². The van der Waals surface area contributed by atoms with E-state index >= 15 is 0 Å². The number of hydrogen-bond donors (Lipinski definition) is 3. The number of carbonyl (C=O) groups is 3. The maximum Gasteiger partial charge on any atom is 0.317 e. The van der Waals surface area contributed by atoms with Crippen molar-refractivity contribution in [2.45, 2.75) is 32.9 Å². The first-order valence-corrected chi connectivity index (χ1v) is 7.80. The number of nitrogens with zero attached hydrogens (tertiary/aromatic N) is 1. The first-order valence-electron chi connectivity index (χ1n) is 7.80. The lowest BCUT2D eigenvalue weighted by Crippen LogP contribution is -2.46. The Labute approximate surface area is 145 Å². The van der Waals surface area contributed by atoms with Gasteiger partial charge in [0.15, 0.2) is 0 Å². The fraction of sp³-hybridized carbons (Fsp3) is 0.471. The predicted molar refractivity (Wildman–Crippen MR) is 87.6 cm³/mol. The quantitative estimate of drug-likeness (QED) is 0.438. The molecule has 0 fully saturated rings. The van der Waals surface area contributed by atoms with E-state index in [1.54, 1.807) is 30.3 Å². The number of amides is 2. The molecule has 2 amide bonds. The summed E-state index contributed by atoms with van der Waals surface area (Å²) in [5.74, 6) is -3.07. The number of halogens is 1. The Morgan fingerprint density at radius 3 is 2.40 bits per heavy atom. The molecule has 7 nitrogen and oxygen atoms in total. The van der Waals surface area contributed by atoms with E-state index in [1.807, 2.05) is 0 Å². The average Bonchev–Trinajstić information content (AvgIpc) is 2.60. The van der Waals surface area contributed by atoms with Crippen LogP contribution in [0.1, 0.15) is 25.8 Å². The molecule has 0 aliphatic rings. The molecule has 1 atom stereocenters. The minimum Gasteiger partial charge on any atom is -0.396 e. The van der Waals surface area contributed by atoms with Crippen LogP contribution in [0.4, 0.5) is 4.48 Å². The molecule has 1 rings (SSSR count). The zero-order chi connectivity index (χ0) is 19.0. The molecule has 1 unspecified atom stereocenters. The van der Waals surface area contributed by atoms with Crippen LogP contribution < -0.4 is 5.32 Å². The lowest BCUT2D eigenvalue weighted by atomic mass is 9.87. The summed E-state index contributed by atoms with van der Waals surface area (Å²) in [5, 5.41) is 21.0. The summed E-state index contributed by atoms with van der Waals surface area (Å²) in [6, 6.07) is 8.35. The molecule has 0 saturated heterocycles. The minimum absolute atomic E-state index is 0.177. The topological polar surface area (TPSA) is 107 Å². The van der Waals surface area contributed by atoms with Gasteiger partial charge in [0, 0.05) is 18.4 Å². The van der Waals surface area contributed by atoms with Crippen LogP contribution in [-0.2, 0) is 20.9 Å². The largest absolute Gasteiger partial charge is 0.396 e. The van der Waals surface area contributed by atoms with E-state index in [4.69, 9.17) is 5.11 Å². The molecule has 0 radical (unpaired) electrons. The number of aliphatic hydroxyl groups is 2. The van der Waals surface area contributed by atoms with Gasteiger partial charge in [-0.15, -0.1) is 0 Å². The highest BCUT2D eigenvalue weighted by molar-refractivity contribution is 6.35. The first kappa shape index (κ1) is 20.7. The molecule has 0 heterocycles. The summed E-state index contributed by atoms with van der Waals surface area (Å²) in [7, 11) is 0. The van der Waals surface area contributed by atoms with E-state index in [0.29, 0.717) is 5.56 Å². The summed E-state index contributed by atoms with van der Waals surface area (Å²) in [4.78, 5) is 35.1. The summed E-state index contributed by atoms with van der Waals surface area (Å²) >= 11 is 0. The number of rotatable bonds is 9. The Morgan fingerprint density at radius 1 is 1.24 bits per heavy atom. The van der Waals surface area contributed by atoms with Crippen LogP contribution in [-0.4, -0.2) is 52.2 Å². The Bertz CT molecular complexity index is 606. The molecule has 0 aliphatic heterocycles. The molecular weight excluding hydrogens is 331 g/mol. The van der Waals surface area contributed by atoms with Crippen molar-refractivity contribution in [2.75, 3.05) is 13.2 Å². The molecule has 0 aliphatic carbocycles. The van der Waals surface area contributed by atoms with E-state index in [1.165, 1.54) is 13.8 Å². The van der Waals surface area contributed by atoms with Gasteiger partial charge in [0.2, 0.25) is 11.7 Å². The maximum atomic E-state index is 13.8. The van der Waals surface area contributed by atoms with Gasteiger partial charge >= 0.3 is 5.91 Å². The van der Waals surface area contributed by atoms with Crippen molar-refractivity contribution in [2.24, 2.45) is 5.41 Å². The Balaban J connectivity index is 2.43. The molecule has 0 saturated carbocycles. The minimum atomic E-state index is -1.47. The van der Waals surface area contributed by atoms with E-state index in [9.17, 15) is 24.0 Å². The molecular formula is C17H23FN2O5. The molecule has 8 heteroatoms. The third kappa shape index (κ3) is 6.24. The summed E-state index contributed by atoms with van der Waals surface area (Å²) in [5.41, 5.74) is -0.510. The Kier molecular flexibility index (Phi) is 7.66. The Hall–Kier alpha value is -2.32. The number of benzene rings is 1. The van der Waals surface area contributed by atoms with E-state index in [0.717, 1.165) is 0 Å². The SMILES string of the molecule is CC(C)(CO)C(O)C(=O)NCCC(=O)C(=O)N(F)Cc1ccccc1. The summed E-state index contributed by atoms with van der Waals surface area (Å²) in [6.45, 7) is 2.02. The lowest BCUT2D eigenvalue weighted by molar-refractivity contribution is -0.156. The van der Waals surface area contributed by atoms with Crippen molar-refractivity contribution in [1.82, 2.24) is 10.4 Å². The monoisotopic (exact) mass is 354 g/mol. The van der Waals surface area contributed by atoms with Crippen LogP contribution in [0.25, 0.3) is 0 Å². The van der Waals surface area contributed by atoms with Crippen molar-refractivity contribution in [3.05, 3.63) is 35.9 Å². The van der Waals surface area contributed by atoms with Gasteiger partial charge < -0.3 is 15.5 Å². The fourth-order valence-corrected chi connectivity index (χ4v) is 1.90. The van der Waals surface area contributed by atoms with Crippen LogP contribution in [0.3, 0.4) is 0 Å². The van der Waals surface area contributed by atoms with E-state index in [2.05, 4.69) is 5.32 Å². The van der Waals surface area contributed by atoms with Crippen molar-refractivity contribution < 1.29 is 29.1 Å². The van der Waals surface area contributed by atoms with Crippen LogP contribution in [0, 0.1) is 5.41 Å². The predicted octanol–water partition coefficient (Wildman–Crippen LogP) is 0.354. The first-order chi connectivity index (χ1) is 11.7. The van der Waals surface area contributed by atoms with Crippen LogP contribution in [0.15, 0.2) is 30.3 Å². The molecule has 25 heavy (non-hydrogen) atoms. The number of Topliss-reactive ketones (excluding diaryl/α,β-unsaturated/α-hetero) is 1. The molecule has 0 bridgehead atoms.